The Morgan fingerprint density at radius 2 is 1.96 bits per heavy atom. The molecule has 2 heterocycles. The highest BCUT2D eigenvalue weighted by atomic mass is 16.1. The molecule has 27 heavy (non-hydrogen) atoms. The van der Waals surface area contributed by atoms with Gasteiger partial charge in [0.15, 0.2) is 0 Å². The van der Waals surface area contributed by atoms with Gasteiger partial charge in [0.25, 0.3) is 5.91 Å². The number of nitrogens with zero attached hydrogens (tertiary/aromatic N) is 4. The van der Waals surface area contributed by atoms with Crippen molar-refractivity contribution in [3.63, 3.8) is 0 Å². The van der Waals surface area contributed by atoms with Crippen LogP contribution >= 0.6 is 0 Å². The smallest absolute Gasteiger partial charge is 0.251 e. The van der Waals surface area contributed by atoms with Crippen LogP contribution in [-0.2, 0) is 0 Å². The molecule has 6 nitrogen and oxygen atoms in total. The molecule has 0 radical (unpaired) electrons. The first-order valence-electron chi connectivity index (χ1n) is 9.83. The average Bonchev–Trinajstić information content (AvgIpc) is 3.12. The van der Waals surface area contributed by atoms with Gasteiger partial charge in [-0.1, -0.05) is 26.2 Å². The van der Waals surface area contributed by atoms with Crippen molar-refractivity contribution in [1.29, 1.82) is 0 Å². The second kappa shape index (κ2) is 7.86. The van der Waals surface area contributed by atoms with Crippen molar-refractivity contribution in [2.75, 3.05) is 6.54 Å². The fourth-order valence-electron chi connectivity index (χ4n) is 3.91. The zero-order chi connectivity index (χ0) is 18.6. The summed E-state index contributed by atoms with van der Waals surface area (Å²) in [5.74, 6) is 0.846. The maximum absolute atomic E-state index is 12.3. The Morgan fingerprint density at radius 1 is 1.19 bits per heavy atom. The van der Waals surface area contributed by atoms with Gasteiger partial charge < -0.3 is 9.88 Å². The first-order valence-corrected chi connectivity index (χ1v) is 9.83. The van der Waals surface area contributed by atoms with Crippen LogP contribution in [0.3, 0.4) is 0 Å². The molecule has 3 aromatic rings. The lowest BCUT2D eigenvalue weighted by Gasteiger charge is -2.25. The summed E-state index contributed by atoms with van der Waals surface area (Å²) in [6.07, 6.45) is 12.2. The summed E-state index contributed by atoms with van der Waals surface area (Å²) in [5.41, 5.74) is 3.49. The number of amides is 1. The topological polar surface area (TPSA) is 72.7 Å². The van der Waals surface area contributed by atoms with Crippen molar-refractivity contribution in [1.82, 2.24) is 24.8 Å². The summed E-state index contributed by atoms with van der Waals surface area (Å²) in [6, 6.07) is 6.26. The van der Waals surface area contributed by atoms with Crippen molar-refractivity contribution in [2.45, 2.75) is 51.5 Å². The zero-order valence-corrected chi connectivity index (χ0v) is 15.7. The standard InChI is InChI=1S/C21H25N5O/c1-2-10-24-21(27)15-8-9-19-18(11-15)25-20(16-12-22-14-23-13-16)26(19)17-6-4-3-5-7-17/h8-9,11-14,17H,2-7,10H2,1H3,(H,24,27). The molecule has 1 fully saturated rings. The second-order valence-corrected chi connectivity index (χ2v) is 7.18. The predicted molar refractivity (Wildman–Crippen MR) is 106 cm³/mol. The minimum atomic E-state index is -0.0458. The Bertz CT molecular complexity index is 928. The Morgan fingerprint density at radius 3 is 2.70 bits per heavy atom. The predicted octanol–water partition coefficient (Wildman–Crippen LogP) is 4.14. The number of nitrogens with one attached hydrogen (secondary N) is 1. The average molecular weight is 363 g/mol. The van der Waals surface area contributed by atoms with Gasteiger partial charge in [-0.25, -0.2) is 15.0 Å². The minimum absolute atomic E-state index is 0.0458. The Kier molecular flexibility index (Phi) is 5.14. The van der Waals surface area contributed by atoms with Gasteiger partial charge in [-0.3, -0.25) is 4.79 Å². The van der Waals surface area contributed by atoms with E-state index in [9.17, 15) is 4.79 Å². The molecular formula is C21H25N5O. The molecule has 1 aliphatic rings. The van der Waals surface area contributed by atoms with Crippen LogP contribution in [0.1, 0.15) is 61.8 Å². The Hall–Kier alpha value is -2.76. The highest BCUT2D eigenvalue weighted by Gasteiger charge is 2.23. The van der Waals surface area contributed by atoms with Crippen molar-refractivity contribution in [3.8, 4) is 11.4 Å². The molecule has 2 aromatic heterocycles. The lowest BCUT2D eigenvalue weighted by molar-refractivity contribution is 0.0954. The molecule has 1 aliphatic carbocycles. The van der Waals surface area contributed by atoms with E-state index in [1.165, 1.54) is 25.6 Å². The Labute approximate surface area is 159 Å². The third-order valence-electron chi connectivity index (χ3n) is 5.25. The highest BCUT2D eigenvalue weighted by Crippen LogP contribution is 2.35. The fourth-order valence-corrected chi connectivity index (χ4v) is 3.91. The van der Waals surface area contributed by atoms with E-state index < -0.39 is 0 Å². The molecule has 6 heteroatoms. The number of hydrogen-bond donors (Lipinski definition) is 1. The van der Waals surface area contributed by atoms with Crippen LogP contribution in [-0.4, -0.2) is 32.0 Å². The van der Waals surface area contributed by atoms with Crippen LogP contribution in [0.25, 0.3) is 22.4 Å². The third kappa shape index (κ3) is 3.56. The van der Waals surface area contributed by atoms with E-state index in [4.69, 9.17) is 4.98 Å². The number of fused-ring (bicyclic) bond motifs is 1. The van der Waals surface area contributed by atoms with Crippen LogP contribution in [0.5, 0.6) is 0 Å². The summed E-state index contributed by atoms with van der Waals surface area (Å²) >= 11 is 0. The number of imidazole rings is 1. The maximum atomic E-state index is 12.3. The lowest BCUT2D eigenvalue weighted by Crippen LogP contribution is -2.23. The number of carbonyl (C=O) groups is 1. The van der Waals surface area contributed by atoms with Crippen LogP contribution in [0, 0.1) is 0 Å². The van der Waals surface area contributed by atoms with Crippen LogP contribution in [0.15, 0.2) is 36.9 Å². The molecule has 0 aliphatic heterocycles. The van der Waals surface area contributed by atoms with E-state index in [-0.39, 0.29) is 5.91 Å². The van der Waals surface area contributed by atoms with E-state index in [1.54, 1.807) is 0 Å². The van der Waals surface area contributed by atoms with Crippen molar-refractivity contribution in [3.05, 3.63) is 42.5 Å². The Balaban J connectivity index is 1.80. The summed E-state index contributed by atoms with van der Waals surface area (Å²) in [4.78, 5) is 25.6. The molecular weight excluding hydrogens is 338 g/mol. The maximum Gasteiger partial charge on any atom is 0.251 e. The highest BCUT2D eigenvalue weighted by molar-refractivity contribution is 5.97. The third-order valence-corrected chi connectivity index (χ3v) is 5.25. The van der Waals surface area contributed by atoms with Crippen molar-refractivity contribution < 1.29 is 4.79 Å². The molecule has 1 amide bonds. The molecule has 4 rings (SSSR count). The van der Waals surface area contributed by atoms with Gasteiger partial charge >= 0.3 is 0 Å². The molecule has 140 valence electrons. The number of benzene rings is 1. The first-order chi connectivity index (χ1) is 13.3. The minimum Gasteiger partial charge on any atom is -0.352 e. The SMILES string of the molecule is CCCNC(=O)c1ccc2c(c1)nc(-c1cncnc1)n2C1CCCCC1. The largest absolute Gasteiger partial charge is 0.352 e. The van der Waals surface area contributed by atoms with E-state index in [1.807, 2.05) is 37.5 Å². The van der Waals surface area contributed by atoms with E-state index in [0.29, 0.717) is 18.2 Å². The number of hydrogen-bond acceptors (Lipinski definition) is 4. The quantitative estimate of drug-likeness (QED) is 0.739. The molecule has 1 saturated carbocycles. The lowest BCUT2D eigenvalue weighted by atomic mass is 9.95. The number of rotatable bonds is 5. The van der Waals surface area contributed by atoms with Crippen LogP contribution in [0.4, 0.5) is 0 Å². The first kappa shape index (κ1) is 17.6. The van der Waals surface area contributed by atoms with E-state index in [0.717, 1.165) is 41.7 Å². The summed E-state index contributed by atoms with van der Waals surface area (Å²) < 4.78 is 2.33. The molecule has 0 unspecified atom stereocenters. The normalized spacial score (nSPS) is 15.1. The molecule has 1 aromatic carbocycles. The zero-order valence-electron chi connectivity index (χ0n) is 15.7. The summed E-state index contributed by atoms with van der Waals surface area (Å²) in [5, 5.41) is 2.94. The summed E-state index contributed by atoms with van der Waals surface area (Å²) in [7, 11) is 0. The molecule has 0 spiro atoms. The summed E-state index contributed by atoms with van der Waals surface area (Å²) in [6.45, 7) is 2.73. The van der Waals surface area contributed by atoms with Crippen molar-refractivity contribution in [2.24, 2.45) is 0 Å². The molecule has 0 atom stereocenters. The number of aromatic nitrogens is 4. The van der Waals surface area contributed by atoms with E-state index >= 15 is 0 Å². The molecule has 0 saturated heterocycles. The van der Waals surface area contributed by atoms with E-state index in [2.05, 4.69) is 19.9 Å². The van der Waals surface area contributed by atoms with Gasteiger partial charge in [0.1, 0.15) is 12.2 Å². The van der Waals surface area contributed by atoms with Gasteiger partial charge in [-0.05, 0) is 37.5 Å². The molecule has 1 N–H and O–H groups in total. The van der Waals surface area contributed by atoms with Gasteiger partial charge in [0.2, 0.25) is 0 Å². The van der Waals surface area contributed by atoms with Gasteiger partial charge in [-0.2, -0.15) is 0 Å². The second-order valence-electron chi connectivity index (χ2n) is 7.18. The van der Waals surface area contributed by atoms with Crippen LogP contribution < -0.4 is 5.32 Å². The van der Waals surface area contributed by atoms with Gasteiger partial charge in [-0.15, -0.1) is 0 Å². The fraction of sp³-hybridized carbons (Fsp3) is 0.429. The number of carbonyl (C=O) groups excluding carboxylic acids is 1. The van der Waals surface area contributed by atoms with Gasteiger partial charge in [0, 0.05) is 30.5 Å². The van der Waals surface area contributed by atoms with Gasteiger partial charge in [0.05, 0.1) is 16.6 Å². The molecule has 0 bridgehead atoms. The van der Waals surface area contributed by atoms with Crippen LogP contribution in [0.2, 0.25) is 0 Å². The monoisotopic (exact) mass is 363 g/mol. The van der Waals surface area contributed by atoms with Crippen molar-refractivity contribution >= 4 is 16.9 Å².